The lowest BCUT2D eigenvalue weighted by Gasteiger charge is -2.00. The standard InChI is InChI=1S/C13H21NO/c1-3-5-10-8-13(10)14-9-12-7-6-11(4-2)15-12/h6-7,10,13-14H,3-5,8-9H2,1-2H3. The van der Waals surface area contributed by atoms with E-state index < -0.39 is 0 Å². The Hall–Kier alpha value is -0.760. The summed E-state index contributed by atoms with van der Waals surface area (Å²) in [5, 5.41) is 3.55. The van der Waals surface area contributed by atoms with Crippen LogP contribution in [0, 0.1) is 5.92 Å². The molecule has 84 valence electrons. The molecule has 0 aliphatic heterocycles. The minimum Gasteiger partial charge on any atom is -0.465 e. The summed E-state index contributed by atoms with van der Waals surface area (Å²) in [6.45, 7) is 5.27. The van der Waals surface area contributed by atoms with Crippen molar-refractivity contribution in [2.75, 3.05) is 0 Å². The van der Waals surface area contributed by atoms with Gasteiger partial charge >= 0.3 is 0 Å². The first-order chi connectivity index (χ1) is 7.33. The molecule has 2 nitrogen and oxygen atoms in total. The van der Waals surface area contributed by atoms with E-state index in [1.807, 2.05) is 0 Å². The van der Waals surface area contributed by atoms with Crippen molar-refractivity contribution in [2.45, 2.75) is 52.1 Å². The van der Waals surface area contributed by atoms with E-state index in [1.165, 1.54) is 19.3 Å². The molecule has 1 aromatic rings. The van der Waals surface area contributed by atoms with Crippen LogP contribution in [0.15, 0.2) is 16.5 Å². The molecule has 0 spiro atoms. The highest BCUT2D eigenvalue weighted by Gasteiger charge is 2.35. The van der Waals surface area contributed by atoms with Crippen molar-refractivity contribution in [3.8, 4) is 0 Å². The Labute approximate surface area is 92.1 Å². The molecule has 1 aliphatic carbocycles. The number of hydrogen-bond acceptors (Lipinski definition) is 2. The zero-order valence-electron chi connectivity index (χ0n) is 9.75. The molecule has 1 heterocycles. The first-order valence-corrected chi connectivity index (χ1v) is 6.14. The number of furan rings is 1. The van der Waals surface area contributed by atoms with Crippen LogP contribution in [0.4, 0.5) is 0 Å². The Balaban J connectivity index is 1.70. The van der Waals surface area contributed by atoms with Crippen LogP contribution in [-0.4, -0.2) is 6.04 Å². The van der Waals surface area contributed by atoms with Gasteiger partial charge in [-0.1, -0.05) is 20.3 Å². The molecule has 1 aliphatic rings. The Kier molecular flexibility index (Phi) is 3.47. The lowest BCUT2D eigenvalue weighted by Crippen LogP contribution is -2.17. The number of aryl methyl sites for hydroxylation is 1. The van der Waals surface area contributed by atoms with Gasteiger partial charge in [0.2, 0.25) is 0 Å². The monoisotopic (exact) mass is 207 g/mol. The molecule has 0 radical (unpaired) electrons. The third-order valence-electron chi connectivity index (χ3n) is 3.19. The number of nitrogens with one attached hydrogen (secondary N) is 1. The van der Waals surface area contributed by atoms with E-state index in [4.69, 9.17) is 4.42 Å². The maximum Gasteiger partial charge on any atom is 0.117 e. The molecular weight excluding hydrogens is 186 g/mol. The van der Waals surface area contributed by atoms with Gasteiger partial charge < -0.3 is 9.73 Å². The minimum absolute atomic E-state index is 0.750. The molecule has 15 heavy (non-hydrogen) atoms. The van der Waals surface area contributed by atoms with Crippen LogP contribution in [0.5, 0.6) is 0 Å². The van der Waals surface area contributed by atoms with E-state index >= 15 is 0 Å². The maximum atomic E-state index is 5.64. The third-order valence-corrected chi connectivity index (χ3v) is 3.19. The lowest BCUT2D eigenvalue weighted by atomic mass is 10.2. The fraction of sp³-hybridized carbons (Fsp3) is 0.692. The summed E-state index contributed by atoms with van der Waals surface area (Å²) in [5.41, 5.74) is 0. The normalized spacial score (nSPS) is 24.4. The minimum atomic E-state index is 0.750. The summed E-state index contributed by atoms with van der Waals surface area (Å²) in [7, 11) is 0. The van der Waals surface area contributed by atoms with Crippen LogP contribution < -0.4 is 5.32 Å². The van der Waals surface area contributed by atoms with E-state index in [-0.39, 0.29) is 0 Å². The molecule has 0 saturated heterocycles. The van der Waals surface area contributed by atoms with E-state index in [9.17, 15) is 0 Å². The van der Waals surface area contributed by atoms with Crippen LogP contribution in [0.3, 0.4) is 0 Å². The highest BCUT2D eigenvalue weighted by molar-refractivity contribution is 5.07. The summed E-state index contributed by atoms with van der Waals surface area (Å²) in [6, 6.07) is 4.91. The molecule has 2 unspecified atom stereocenters. The van der Waals surface area contributed by atoms with E-state index in [0.29, 0.717) is 0 Å². The molecule has 1 fully saturated rings. The predicted octanol–water partition coefficient (Wildman–Crippen LogP) is 3.12. The Morgan fingerprint density at radius 2 is 2.13 bits per heavy atom. The van der Waals surface area contributed by atoms with Crippen LogP contribution in [0.1, 0.15) is 44.6 Å². The van der Waals surface area contributed by atoms with Crippen molar-refractivity contribution < 1.29 is 4.42 Å². The van der Waals surface area contributed by atoms with Gasteiger partial charge in [0.15, 0.2) is 0 Å². The Morgan fingerprint density at radius 1 is 1.33 bits per heavy atom. The average molecular weight is 207 g/mol. The second-order valence-corrected chi connectivity index (χ2v) is 4.49. The van der Waals surface area contributed by atoms with Gasteiger partial charge in [0.1, 0.15) is 11.5 Å². The predicted molar refractivity (Wildman–Crippen MR) is 61.7 cm³/mol. The van der Waals surface area contributed by atoms with Gasteiger partial charge in [0.05, 0.1) is 6.54 Å². The Morgan fingerprint density at radius 3 is 2.80 bits per heavy atom. The van der Waals surface area contributed by atoms with Gasteiger partial charge in [-0.3, -0.25) is 0 Å². The first-order valence-electron chi connectivity index (χ1n) is 6.14. The summed E-state index contributed by atoms with van der Waals surface area (Å²) in [5.74, 6) is 3.09. The summed E-state index contributed by atoms with van der Waals surface area (Å²) in [4.78, 5) is 0. The van der Waals surface area contributed by atoms with Crippen LogP contribution in [0.25, 0.3) is 0 Å². The molecule has 0 amide bonds. The first kappa shape index (κ1) is 10.7. The van der Waals surface area contributed by atoms with Gasteiger partial charge in [-0.25, -0.2) is 0 Å². The molecular formula is C13H21NO. The van der Waals surface area contributed by atoms with Crippen molar-refractivity contribution >= 4 is 0 Å². The van der Waals surface area contributed by atoms with Gasteiger partial charge in [-0.2, -0.15) is 0 Å². The molecule has 1 saturated carbocycles. The quantitative estimate of drug-likeness (QED) is 0.775. The highest BCUT2D eigenvalue weighted by atomic mass is 16.3. The second-order valence-electron chi connectivity index (χ2n) is 4.49. The molecule has 1 N–H and O–H groups in total. The molecule has 2 atom stereocenters. The maximum absolute atomic E-state index is 5.64. The van der Waals surface area contributed by atoms with E-state index in [2.05, 4.69) is 31.3 Å². The summed E-state index contributed by atoms with van der Waals surface area (Å²) < 4.78 is 5.64. The Bertz CT molecular complexity index is 305. The molecule has 2 rings (SSSR count). The summed E-state index contributed by atoms with van der Waals surface area (Å²) in [6.07, 6.45) is 5.02. The van der Waals surface area contributed by atoms with Crippen LogP contribution in [0.2, 0.25) is 0 Å². The van der Waals surface area contributed by atoms with Crippen molar-refractivity contribution in [1.82, 2.24) is 5.32 Å². The molecule has 2 heteroatoms. The number of rotatable bonds is 6. The zero-order chi connectivity index (χ0) is 10.7. The molecule has 0 aromatic carbocycles. The molecule has 1 aromatic heterocycles. The number of hydrogen-bond donors (Lipinski definition) is 1. The average Bonchev–Trinajstić information content (AvgIpc) is 2.82. The largest absolute Gasteiger partial charge is 0.465 e. The fourth-order valence-electron chi connectivity index (χ4n) is 2.13. The topological polar surface area (TPSA) is 25.2 Å². The van der Waals surface area contributed by atoms with Crippen LogP contribution >= 0.6 is 0 Å². The third kappa shape index (κ3) is 2.85. The van der Waals surface area contributed by atoms with E-state index in [0.717, 1.165) is 36.4 Å². The summed E-state index contributed by atoms with van der Waals surface area (Å²) >= 11 is 0. The van der Waals surface area contributed by atoms with Gasteiger partial charge in [-0.15, -0.1) is 0 Å². The zero-order valence-corrected chi connectivity index (χ0v) is 9.75. The van der Waals surface area contributed by atoms with Crippen molar-refractivity contribution in [1.29, 1.82) is 0 Å². The van der Waals surface area contributed by atoms with Gasteiger partial charge in [0.25, 0.3) is 0 Å². The molecule has 0 bridgehead atoms. The van der Waals surface area contributed by atoms with E-state index in [1.54, 1.807) is 0 Å². The van der Waals surface area contributed by atoms with Crippen molar-refractivity contribution in [2.24, 2.45) is 5.92 Å². The second kappa shape index (κ2) is 4.84. The van der Waals surface area contributed by atoms with Gasteiger partial charge in [0, 0.05) is 12.5 Å². The van der Waals surface area contributed by atoms with Gasteiger partial charge in [-0.05, 0) is 30.9 Å². The van der Waals surface area contributed by atoms with Crippen molar-refractivity contribution in [3.63, 3.8) is 0 Å². The SMILES string of the molecule is CCCC1CC1NCc1ccc(CC)o1. The fourth-order valence-corrected chi connectivity index (χ4v) is 2.13. The smallest absolute Gasteiger partial charge is 0.117 e. The van der Waals surface area contributed by atoms with Crippen LogP contribution in [-0.2, 0) is 13.0 Å². The van der Waals surface area contributed by atoms with Crippen molar-refractivity contribution in [3.05, 3.63) is 23.7 Å². The lowest BCUT2D eigenvalue weighted by molar-refractivity contribution is 0.445. The highest BCUT2D eigenvalue weighted by Crippen LogP contribution is 2.34.